The number of carboxylic acid groups (broad SMARTS) is 2. The third kappa shape index (κ3) is 7.87. The first-order valence-corrected chi connectivity index (χ1v) is 9.23. The van der Waals surface area contributed by atoms with E-state index < -0.39 is 42.4 Å². The molecular weight excluding hydrogens is 442 g/mol. The summed E-state index contributed by atoms with van der Waals surface area (Å²) in [5, 5.41) is 22.5. The molecule has 2 amide bonds. The monoisotopic (exact) mass is 461 g/mol. The average molecular weight is 462 g/mol. The molecule has 27 heavy (non-hydrogen) atoms. The number of nitrogens with one attached hydrogen (secondary N) is 2. The van der Waals surface area contributed by atoms with Gasteiger partial charge in [-0.15, -0.1) is 0 Å². The second-order valence-electron chi connectivity index (χ2n) is 5.45. The Labute approximate surface area is 169 Å². The molecule has 0 aliphatic carbocycles. The van der Waals surface area contributed by atoms with Crippen LogP contribution in [0.4, 0.5) is 5.69 Å². The van der Waals surface area contributed by atoms with Crippen LogP contribution in [-0.4, -0.2) is 58.3 Å². The number of carboxylic acids is 2. The number of rotatable bonds is 11. The molecule has 0 unspecified atom stereocenters. The van der Waals surface area contributed by atoms with Gasteiger partial charge in [-0.05, 0) is 18.6 Å². The van der Waals surface area contributed by atoms with E-state index in [1.165, 1.54) is 3.93 Å². The van der Waals surface area contributed by atoms with E-state index in [0.29, 0.717) is 5.69 Å². The fourth-order valence-electron chi connectivity index (χ4n) is 2.10. The van der Waals surface area contributed by atoms with E-state index in [9.17, 15) is 24.3 Å². The van der Waals surface area contributed by atoms with Gasteiger partial charge in [-0.2, -0.15) is 12.6 Å². The van der Waals surface area contributed by atoms with Crippen molar-refractivity contribution < 1.29 is 29.4 Å². The maximum Gasteiger partial charge on any atom is 0.327 e. The number of hydrogen-bond acceptors (Lipinski definition) is 6. The molecule has 0 bridgehead atoms. The van der Waals surface area contributed by atoms with Crippen molar-refractivity contribution in [3.05, 3.63) is 30.3 Å². The zero-order chi connectivity index (χ0) is 20.4. The molecule has 9 nitrogen and oxygen atoms in total. The summed E-state index contributed by atoms with van der Waals surface area (Å²) >= 11 is 7.18. The van der Waals surface area contributed by atoms with Crippen LogP contribution >= 0.6 is 28.8 Å². The molecule has 4 N–H and O–H groups in total. The summed E-state index contributed by atoms with van der Waals surface area (Å²) in [5.74, 6) is -3.58. The maximum absolute atomic E-state index is 12.1. The Kier molecular flexibility index (Phi) is 9.65. The normalized spacial score (nSPS) is 12.5. The predicted octanol–water partition coefficient (Wildman–Crippen LogP) is 0.652. The molecule has 0 heterocycles. The van der Waals surface area contributed by atoms with Gasteiger partial charge in [0.15, 0.2) is 0 Å². The lowest BCUT2D eigenvalue weighted by Crippen LogP contribution is -2.49. The number of halogens is 1. The highest BCUT2D eigenvalue weighted by Gasteiger charge is 2.26. The van der Waals surface area contributed by atoms with E-state index in [1.807, 2.05) is 0 Å². The minimum absolute atomic E-state index is 0.0165. The number of benzene rings is 1. The van der Waals surface area contributed by atoms with Gasteiger partial charge < -0.3 is 20.8 Å². The standard InChI is InChI=1S/C16H20BrN3O6S/c17-20(10-4-2-1-3-5-10)12(16(25)26)6-7-13(21)19-11(9-27)15(24)18-8-14(22)23/h1-5,11-12,27H,6-9H2,(H,18,24)(H,19,21)(H,22,23)(H,25,26)/t11-,12-/m0/s1. The van der Waals surface area contributed by atoms with E-state index in [-0.39, 0.29) is 18.6 Å². The molecule has 0 saturated heterocycles. The summed E-state index contributed by atoms with van der Waals surface area (Å²) in [4.78, 5) is 45.9. The van der Waals surface area contributed by atoms with Crippen LogP contribution in [0.3, 0.4) is 0 Å². The van der Waals surface area contributed by atoms with Crippen molar-refractivity contribution in [3.63, 3.8) is 0 Å². The molecule has 0 saturated carbocycles. The summed E-state index contributed by atoms with van der Waals surface area (Å²) < 4.78 is 1.37. The Morgan fingerprint density at radius 1 is 1.15 bits per heavy atom. The van der Waals surface area contributed by atoms with Crippen LogP contribution in [0.2, 0.25) is 0 Å². The zero-order valence-electron chi connectivity index (χ0n) is 14.2. The lowest BCUT2D eigenvalue weighted by atomic mass is 10.1. The molecule has 1 rings (SSSR count). The molecule has 0 radical (unpaired) electrons. The number of para-hydroxylation sites is 1. The van der Waals surface area contributed by atoms with E-state index in [2.05, 4.69) is 39.4 Å². The molecule has 2 atom stereocenters. The molecule has 148 valence electrons. The highest BCUT2D eigenvalue weighted by atomic mass is 79.9. The Morgan fingerprint density at radius 3 is 2.30 bits per heavy atom. The van der Waals surface area contributed by atoms with Crippen molar-refractivity contribution in [2.45, 2.75) is 24.9 Å². The van der Waals surface area contributed by atoms with Crippen molar-refractivity contribution >= 4 is 58.2 Å². The van der Waals surface area contributed by atoms with E-state index in [4.69, 9.17) is 5.11 Å². The van der Waals surface area contributed by atoms with Crippen LogP contribution in [0.25, 0.3) is 0 Å². The van der Waals surface area contributed by atoms with Gasteiger partial charge in [0, 0.05) is 17.9 Å². The first-order chi connectivity index (χ1) is 12.8. The second-order valence-corrected chi connectivity index (χ2v) is 6.58. The molecule has 0 aromatic heterocycles. The summed E-state index contributed by atoms with van der Waals surface area (Å²) in [6.07, 6.45) is -0.167. The smallest absolute Gasteiger partial charge is 0.327 e. The molecule has 0 spiro atoms. The van der Waals surface area contributed by atoms with Gasteiger partial charge in [-0.25, -0.2) is 4.79 Å². The van der Waals surface area contributed by atoms with Gasteiger partial charge in [-0.1, -0.05) is 18.2 Å². The number of carbonyl (C=O) groups excluding carboxylic acids is 2. The Hall–Kier alpha value is -2.27. The molecule has 0 aliphatic heterocycles. The molecule has 1 aromatic rings. The van der Waals surface area contributed by atoms with Gasteiger partial charge >= 0.3 is 11.9 Å². The highest BCUT2D eigenvalue weighted by Crippen LogP contribution is 2.23. The Morgan fingerprint density at radius 2 is 1.78 bits per heavy atom. The minimum Gasteiger partial charge on any atom is -0.480 e. The zero-order valence-corrected chi connectivity index (χ0v) is 16.7. The van der Waals surface area contributed by atoms with E-state index >= 15 is 0 Å². The Balaban J connectivity index is 2.62. The lowest BCUT2D eigenvalue weighted by molar-refractivity contribution is -0.138. The Bertz CT molecular complexity index is 675. The average Bonchev–Trinajstić information content (AvgIpc) is 2.64. The summed E-state index contributed by atoms with van der Waals surface area (Å²) in [5.41, 5.74) is 0.617. The van der Waals surface area contributed by atoms with Crippen molar-refractivity contribution in [2.75, 3.05) is 16.2 Å². The van der Waals surface area contributed by atoms with Crippen LogP contribution in [0, 0.1) is 0 Å². The highest BCUT2D eigenvalue weighted by molar-refractivity contribution is 9.10. The largest absolute Gasteiger partial charge is 0.480 e. The van der Waals surface area contributed by atoms with E-state index in [0.717, 1.165) is 0 Å². The third-order valence-electron chi connectivity index (χ3n) is 3.45. The molecule has 11 heteroatoms. The number of aliphatic carboxylic acids is 2. The molecule has 0 fully saturated rings. The van der Waals surface area contributed by atoms with Crippen molar-refractivity contribution in [3.8, 4) is 0 Å². The first kappa shape index (κ1) is 22.8. The minimum atomic E-state index is -1.21. The molecular formula is C16H20BrN3O6S. The van der Waals surface area contributed by atoms with Crippen LogP contribution in [0.5, 0.6) is 0 Å². The summed E-state index contributed by atoms with van der Waals surface area (Å²) in [6.45, 7) is -0.574. The fraction of sp³-hybridized carbons (Fsp3) is 0.375. The number of anilines is 1. The maximum atomic E-state index is 12.1. The lowest BCUT2D eigenvalue weighted by Gasteiger charge is -2.24. The van der Waals surface area contributed by atoms with Crippen LogP contribution < -0.4 is 14.6 Å². The first-order valence-electron chi connectivity index (χ1n) is 7.88. The fourth-order valence-corrected chi connectivity index (χ4v) is 2.97. The van der Waals surface area contributed by atoms with Gasteiger partial charge in [0.1, 0.15) is 18.6 Å². The summed E-state index contributed by atoms with van der Waals surface area (Å²) in [7, 11) is 0. The van der Waals surface area contributed by atoms with Crippen molar-refractivity contribution in [2.24, 2.45) is 0 Å². The van der Waals surface area contributed by atoms with Gasteiger partial charge in [0.2, 0.25) is 11.8 Å². The van der Waals surface area contributed by atoms with Gasteiger partial charge in [0.25, 0.3) is 0 Å². The number of hydrogen-bond donors (Lipinski definition) is 5. The van der Waals surface area contributed by atoms with Crippen LogP contribution in [0.15, 0.2) is 30.3 Å². The van der Waals surface area contributed by atoms with Crippen LogP contribution in [0.1, 0.15) is 12.8 Å². The quantitative estimate of drug-likeness (QED) is 0.241. The molecule has 0 aliphatic rings. The summed E-state index contributed by atoms with van der Waals surface area (Å²) in [6, 6.07) is 6.71. The topological polar surface area (TPSA) is 136 Å². The number of amides is 2. The predicted molar refractivity (Wildman–Crippen MR) is 105 cm³/mol. The number of nitrogens with zero attached hydrogens (tertiary/aromatic N) is 1. The second kappa shape index (κ2) is 11.4. The third-order valence-corrected chi connectivity index (χ3v) is 4.72. The van der Waals surface area contributed by atoms with Crippen LogP contribution in [-0.2, 0) is 19.2 Å². The van der Waals surface area contributed by atoms with Gasteiger partial charge in [0.05, 0.1) is 16.1 Å². The van der Waals surface area contributed by atoms with Gasteiger partial charge in [-0.3, -0.25) is 18.3 Å². The SMILES string of the molecule is O=C(O)CNC(=O)[C@H](CS)NC(=O)CC[C@@H](C(=O)O)N(Br)c1ccccc1. The van der Waals surface area contributed by atoms with E-state index in [1.54, 1.807) is 30.3 Å². The molecule has 1 aromatic carbocycles. The van der Waals surface area contributed by atoms with Crippen molar-refractivity contribution in [1.29, 1.82) is 0 Å². The van der Waals surface area contributed by atoms with Crippen molar-refractivity contribution in [1.82, 2.24) is 10.6 Å². The number of thiol groups is 1. The number of carbonyl (C=O) groups is 4.